The van der Waals surface area contributed by atoms with Gasteiger partial charge in [-0.15, -0.1) is 0 Å². The average molecular weight is 500 g/mol. The highest BCUT2D eigenvalue weighted by molar-refractivity contribution is 6.07. The Kier molecular flexibility index (Phi) is 7.28. The van der Waals surface area contributed by atoms with Crippen LogP contribution in [-0.2, 0) is 9.47 Å². The number of carbonyl (C=O) groups is 3. The Morgan fingerprint density at radius 3 is 2.27 bits per heavy atom. The topological polar surface area (TPSA) is 89.0 Å². The van der Waals surface area contributed by atoms with Gasteiger partial charge in [-0.05, 0) is 61.4 Å². The van der Waals surface area contributed by atoms with Crippen LogP contribution in [0.15, 0.2) is 54.6 Å². The molecule has 0 bridgehead atoms. The van der Waals surface area contributed by atoms with Gasteiger partial charge in [0.05, 0.1) is 37.1 Å². The molecule has 0 atom stereocenters. The fraction of sp³-hybridized carbons (Fsp3) is 0.310. The zero-order chi connectivity index (χ0) is 25.8. The number of rotatable bonds is 6. The number of benzene rings is 2. The van der Waals surface area contributed by atoms with Crippen molar-refractivity contribution in [2.75, 3.05) is 51.4 Å². The number of esters is 1. The van der Waals surface area contributed by atoms with Crippen molar-refractivity contribution in [3.05, 3.63) is 77.0 Å². The van der Waals surface area contributed by atoms with Gasteiger partial charge in [0.2, 0.25) is 0 Å². The zero-order valence-corrected chi connectivity index (χ0v) is 20.8. The van der Waals surface area contributed by atoms with Gasteiger partial charge in [-0.25, -0.2) is 9.78 Å². The van der Waals surface area contributed by atoms with Crippen LogP contribution in [0.2, 0.25) is 0 Å². The molecule has 0 spiro atoms. The van der Waals surface area contributed by atoms with E-state index in [1.807, 2.05) is 11.0 Å². The summed E-state index contributed by atoms with van der Waals surface area (Å²) in [6.45, 7) is 4.23. The second kappa shape index (κ2) is 10.9. The summed E-state index contributed by atoms with van der Waals surface area (Å²) in [7, 11) is 1.36. The molecule has 0 saturated carbocycles. The lowest BCUT2D eigenvalue weighted by atomic mass is 10.1. The Bertz CT molecular complexity index is 1350. The lowest BCUT2D eigenvalue weighted by Crippen LogP contribution is -2.36. The van der Waals surface area contributed by atoms with Crippen LogP contribution in [0.4, 0.5) is 5.69 Å². The highest BCUT2D eigenvalue weighted by Gasteiger charge is 2.20. The molecule has 3 heterocycles. The summed E-state index contributed by atoms with van der Waals surface area (Å²) in [5.41, 5.74) is 3.83. The highest BCUT2D eigenvalue weighted by atomic mass is 16.5. The SMILES string of the molecule is COC(=O)c1ccc2nc(/C=C/C(=O)c3ccc(C(=O)N4CCCC4)cc3)cc(N3CCOCC3)c2c1. The van der Waals surface area contributed by atoms with Crippen LogP contribution >= 0.6 is 0 Å². The molecule has 5 rings (SSSR count). The zero-order valence-electron chi connectivity index (χ0n) is 20.8. The van der Waals surface area contributed by atoms with Gasteiger partial charge < -0.3 is 19.3 Å². The third-order valence-electron chi connectivity index (χ3n) is 6.79. The van der Waals surface area contributed by atoms with Crippen molar-refractivity contribution in [1.82, 2.24) is 9.88 Å². The van der Waals surface area contributed by atoms with Crippen molar-refractivity contribution < 1.29 is 23.9 Å². The molecule has 190 valence electrons. The quantitative estimate of drug-likeness (QED) is 0.288. The van der Waals surface area contributed by atoms with E-state index in [4.69, 9.17) is 14.5 Å². The van der Waals surface area contributed by atoms with Gasteiger partial charge in [-0.2, -0.15) is 0 Å². The van der Waals surface area contributed by atoms with E-state index in [-0.39, 0.29) is 11.7 Å². The number of morpholine rings is 1. The molecule has 0 radical (unpaired) electrons. The Morgan fingerprint density at radius 2 is 1.57 bits per heavy atom. The lowest BCUT2D eigenvalue weighted by Gasteiger charge is -2.30. The number of aromatic nitrogens is 1. The molecule has 0 N–H and O–H groups in total. The predicted molar refractivity (Wildman–Crippen MR) is 141 cm³/mol. The first kappa shape index (κ1) is 24.6. The first-order chi connectivity index (χ1) is 18.0. The van der Waals surface area contributed by atoms with Crippen LogP contribution in [0.3, 0.4) is 0 Å². The second-order valence-electron chi connectivity index (χ2n) is 9.16. The molecule has 37 heavy (non-hydrogen) atoms. The number of pyridine rings is 1. The molecule has 1 aromatic heterocycles. The van der Waals surface area contributed by atoms with Gasteiger partial charge in [-0.3, -0.25) is 9.59 Å². The molecular weight excluding hydrogens is 470 g/mol. The van der Waals surface area contributed by atoms with Crippen molar-refractivity contribution in [1.29, 1.82) is 0 Å². The van der Waals surface area contributed by atoms with Gasteiger partial charge in [-0.1, -0.05) is 12.1 Å². The maximum atomic E-state index is 12.9. The molecule has 1 amide bonds. The minimum Gasteiger partial charge on any atom is -0.465 e. The fourth-order valence-corrected chi connectivity index (χ4v) is 4.76. The van der Waals surface area contributed by atoms with E-state index in [0.29, 0.717) is 54.2 Å². The maximum absolute atomic E-state index is 12.9. The molecule has 2 aliphatic heterocycles. The summed E-state index contributed by atoms with van der Waals surface area (Å²) in [6, 6.07) is 14.0. The third kappa shape index (κ3) is 5.39. The van der Waals surface area contributed by atoms with Gasteiger partial charge in [0, 0.05) is 48.4 Å². The number of fused-ring (bicyclic) bond motifs is 1. The van der Waals surface area contributed by atoms with E-state index in [1.54, 1.807) is 48.5 Å². The van der Waals surface area contributed by atoms with E-state index in [1.165, 1.54) is 13.2 Å². The molecule has 2 saturated heterocycles. The van der Waals surface area contributed by atoms with E-state index in [2.05, 4.69) is 4.90 Å². The Balaban J connectivity index is 1.40. The van der Waals surface area contributed by atoms with Crippen molar-refractivity contribution in [2.24, 2.45) is 0 Å². The van der Waals surface area contributed by atoms with Crippen LogP contribution in [-0.4, -0.2) is 74.0 Å². The molecular formula is C29H29N3O5. The Labute approximate surface area is 215 Å². The average Bonchev–Trinajstić information content (AvgIpc) is 3.50. The summed E-state index contributed by atoms with van der Waals surface area (Å²) in [6.07, 6.45) is 5.27. The van der Waals surface area contributed by atoms with Gasteiger partial charge in [0.25, 0.3) is 5.91 Å². The molecule has 2 aromatic carbocycles. The largest absolute Gasteiger partial charge is 0.465 e. The summed E-state index contributed by atoms with van der Waals surface area (Å²) in [5.74, 6) is -0.563. The lowest BCUT2D eigenvalue weighted by molar-refractivity contribution is 0.0600. The number of allylic oxidation sites excluding steroid dienone is 1. The van der Waals surface area contributed by atoms with Crippen molar-refractivity contribution in [3.8, 4) is 0 Å². The normalized spacial score (nSPS) is 15.9. The number of ether oxygens (including phenoxy) is 2. The van der Waals surface area contributed by atoms with Crippen molar-refractivity contribution in [2.45, 2.75) is 12.8 Å². The molecule has 8 nitrogen and oxygen atoms in total. The van der Waals surface area contributed by atoms with Crippen LogP contribution in [0, 0.1) is 0 Å². The molecule has 0 unspecified atom stereocenters. The monoisotopic (exact) mass is 499 g/mol. The number of hydrogen-bond donors (Lipinski definition) is 0. The van der Waals surface area contributed by atoms with E-state index >= 15 is 0 Å². The van der Waals surface area contributed by atoms with Crippen LogP contribution in [0.25, 0.3) is 17.0 Å². The number of nitrogens with zero attached hydrogens (tertiary/aromatic N) is 3. The Morgan fingerprint density at radius 1 is 0.892 bits per heavy atom. The van der Waals surface area contributed by atoms with Gasteiger partial charge in [0.1, 0.15) is 0 Å². The van der Waals surface area contributed by atoms with E-state index < -0.39 is 5.97 Å². The highest BCUT2D eigenvalue weighted by Crippen LogP contribution is 2.29. The number of amides is 1. The summed E-state index contributed by atoms with van der Waals surface area (Å²) in [5, 5.41) is 0.839. The summed E-state index contributed by atoms with van der Waals surface area (Å²) in [4.78, 5) is 46.3. The fourth-order valence-electron chi connectivity index (χ4n) is 4.76. The summed E-state index contributed by atoms with van der Waals surface area (Å²) >= 11 is 0. The Hall–Kier alpha value is -4.04. The molecule has 2 fully saturated rings. The number of carbonyl (C=O) groups excluding carboxylic acids is 3. The standard InChI is InChI=1S/C29H29N3O5/c1-36-29(35)22-8-10-25-24(18-22)26(31-14-16-37-17-15-31)19-23(30-25)9-11-27(33)20-4-6-21(7-5-20)28(34)32-12-2-3-13-32/h4-11,18-19H,2-3,12-17H2,1H3/b11-9+. The third-order valence-corrected chi connectivity index (χ3v) is 6.79. The molecule has 0 aliphatic carbocycles. The first-order valence-corrected chi connectivity index (χ1v) is 12.5. The number of methoxy groups -OCH3 is 1. The maximum Gasteiger partial charge on any atom is 0.337 e. The minimum absolute atomic E-state index is 0.0124. The van der Waals surface area contributed by atoms with Crippen molar-refractivity contribution in [3.63, 3.8) is 0 Å². The number of anilines is 1. The first-order valence-electron chi connectivity index (χ1n) is 12.5. The minimum atomic E-state index is -0.405. The van der Waals surface area contributed by atoms with E-state index in [0.717, 1.165) is 37.0 Å². The molecule has 8 heteroatoms. The number of ketones is 1. The van der Waals surface area contributed by atoms with Crippen molar-refractivity contribution >= 4 is 40.3 Å². The van der Waals surface area contributed by atoms with Crippen LogP contribution in [0.5, 0.6) is 0 Å². The van der Waals surface area contributed by atoms with Gasteiger partial charge in [0.15, 0.2) is 5.78 Å². The van der Waals surface area contributed by atoms with E-state index in [9.17, 15) is 14.4 Å². The second-order valence-corrected chi connectivity index (χ2v) is 9.16. The molecule has 3 aromatic rings. The molecule has 2 aliphatic rings. The van der Waals surface area contributed by atoms with Gasteiger partial charge >= 0.3 is 5.97 Å². The number of hydrogen-bond acceptors (Lipinski definition) is 7. The summed E-state index contributed by atoms with van der Waals surface area (Å²) < 4.78 is 10.4. The predicted octanol–water partition coefficient (Wildman–Crippen LogP) is 3.99. The smallest absolute Gasteiger partial charge is 0.337 e. The van der Waals surface area contributed by atoms with Crippen LogP contribution < -0.4 is 4.90 Å². The number of likely N-dealkylation sites (tertiary alicyclic amines) is 1. The van der Waals surface area contributed by atoms with Crippen LogP contribution in [0.1, 0.15) is 49.6 Å².